The van der Waals surface area contributed by atoms with Crippen molar-refractivity contribution in [2.75, 3.05) is 10.3 Å². The Hall–Kier alpha value is -2.61. The standard InChI is InChI=1S/C23H25N5O2S/c29-19-7-6-18(27-28(19)17-4-2-1-3-5-17)20(30)24-22-26-25-21(31-22)23-11-14-8-15(12-23)10-16(9-14)13-23/h1-5,14-16H,6-13H2,(H,24,26,30). The van der Waals surface area contributed by atoms with E-state index < -0.39 is 0 Å². The fourth-order valence-corrected chi connectivity index (χ4v) is 7.47. The van der Waals surface area contributed by atoms with Gasteiger partial charge in [0, 0.05) is 18.3 Å². The first kappa shape index (κ1) is 19.1. The molecule has 0 spiro atoms. The summed E-state index contributed by atoms with van der Waals surface area (Å²) in [6.45, 7) is 0. The lowest BCUT2D eigenvalue weighted by Crippen LogP contribution is -2.48. The molecule has 2 aromatic rings. The SMILES string of the molecule is O=C(Nc1nnc(C23CC4CC(CC(C4)C2)C3)s1)C1=NN(c2ccccc2)C(=O)CC1. The first-order valence-corrected chi connectivity index (χ1v) is 12.0. The molecule has 4 saturated carbocycles. The van der Waals surface area contributed by atoms with E-state index in [4.69, 9.17) is 0 Å². The van der Waals surface area contributed by atoms with Gasteiger partial charge in [0.25, 0.3) is 5.91 Å². The van der Waals surface area contributed by atoms with Crippen molar-refractivity contribution in [3.8, 4) is 0 Å². The van der Waals surface area contributed by atoms with Gasteiger partial charge in [-0.15, -0.1) is 10.2 Å². The van der Waals surface area contributed by atoms with Crippen molar-refractivity contribution in [1.82, 2.24) is 10.2 Å². The highest BCUT2D eigenvalue weighted by molar-refractivity contribution is 7.15. The van der Waals surface area contributed by atoms with Gasteiger partial charge in [-0.25, -0.2) is 5.01 Å². The molecule has 7 rings (SSSR count). The summed E-state index contributed by atoms with van der Waals surface area (Å²) >= 11 is 1.52. The Balaban J connectivity index is 1.20. The molecular weight excluding hydrogens is 410 g/mol. The summed E-state index contributed by atoms with van der Waals surface area (Å²) in [6.07, 6.45) is 8.42. The van der Waals surface area contributed by atoms with E-state index in [0.29, 0.717) is 23.0 Å². The number of carbonyl (C=O) groups is 2. The minimum absolute atomic E-state index is 0.109. The molecule has 0 saturated heterocycles. The van der Waals surface area contributed by atoms with Gasteiger partial charge in [0.05, 0.1) is 5.69 Å². The van der Waals surface area contributed by atoms with E-state index in [1.165, 1.54) is 54.9 Å². The molecular formula is C23H25N5O2S. The number of benzene rings is 1. The smallest absolute Gasteiger partial charge is 0.273 e. The Labute approximate surface area is 184 Å². The van der Waals surface area contributed by atoms with E-state index >= 15 is 0 Å². The fourth-order valence-electron chi connectivity index (χ4n) is 6.52. The molecule has 4 fully saturated rings. The predicted octanol–water partition coefficient (Wildman–Crippen LogP) is 4.13. The zero-order chi connectivity index (χ0) is 21.0. The van der Waals surface area contributed by atoms with Gasteiger partial charge in [0.15, 0.2) is 0 Å². The summed E-state index contributed by atoms with van der Waals surface area (Å²) in [6, 6.07) is 9.20. The third-order valence-corrected chi connectivity index (χ3v) is 8.52. The Kier molecular flexibility index (Phi) is 4.45. The highest BCUT2D eigenvalue weighted by Crippen LogP contribution is 2.61. The van der Waals surface area contributed by atoms with Crippen LogP contribution in [-0.2, 0) is 15.0 Å². The number of hydrogen-bond donors (Lipinski definition) is 1. The van der Waals surface area contributed by atoms with Crippen LogP contribution in [0.1, 0.15) is 56.4 Å². The van der Waals surface area contributed by atoms with Gasteiger partial charge in [-0.05, 0) is 68.4 Å². The number of para-hydroxylation sites is 1. The summed E-state index contributed by atoms with van der Waals surface area (Å²) in [5.74, 6) is 2.10. The Morgan fingerprint density at radius 3 is 2.35 bits per heavy atom. The van der Waals surface area contributed by atoms with Crippen molar-refractivity contribution in [3.63, 3.8) is 0 Å². The van der Waals surface area contributed by atoms with E-state index in [1.54, 1.807) is 0 Å². The molecule has 5 aliphatic rings. The lowest BCUT2D eigenvalue weighted by Gasteiger charge is -2.55. The second-order valence-corrected chi connectivity index (χ2v) is 10.6. The second-order valence-electron chi connectivity index (χ2n) is 9.65. The molecule has 0 radical (unpaired) electrons. The average molecular weight is 436 g/mol. The summed E-state index contributed by atoms with van der Waals surface area (Å²) in [7, 11) is 0. The third kappa shape index (κ3) is 3.37. The number of amides is 2. The van der Waals surface area contributed by atoms with Crippen LogP contribution in [0.25, 0.3) is 0 Å². The number of rotatable bonds is 4. The molecule has 2 amide bonds. The van der Waals surface area contributed by atoms with E-state index in [1.807, 2.05) is 30.3 Å². The van der Waals surface area contributed by atoms with Crippen LogP contribution < -0.4 is 10.3 Å². The van der Waals surface area contributed by atoms with Crippen LogP contribution in [0.3, 0.4) is 0 Å². The van der Waals surface area contributed by atoms with Gasteiger partial charge >= 0.3 is 0 Å². The van der Waals surface area contributed by atoms with Gasteiger partial charge in [-0.3, -0.25) is 14.9 Å². The second kappa shape index (κ2) is 7.22. The monoisotopic (exact) mass is 435 g/mol. The molecule has 160 valence electrons. The predicted molar refractivity (Wildman–Crippen MR) is 119 cm³/mol. The summed E-state index contributed by atoms with van der Waals surface area (Å²) in [4.78, 5) is 25.2. The fraction of sp³-hybridized carbons (Fsp3) is 0.522. The maximum Gasteiger partial charge on any atom is 0.273 e. The highest BCUT2D eigenvalue weighted by Gasteiger charge is 2.53. The van der Waals surface area contributed by atoms with E-state index in [2.05, 4.69) is 20.6 Å². The lowest BCUT2D eigenvalue weighted by atomic mass is 9.50. The summed E-state index contributed by atoms with van der Waals surface area (Å²) in [5, 5.41) is 19.0. The number of anilines is 2. The van der Waals surface area contributed by atoms with Crippen molar-refractivity contribution in [2.45, 2.75) is 56.8 Å². The van der Waals surface area contributed by atoms with Crippen molar-refractivity contribution >= 4 is 39.7 Å². The highest BCUT2D eigenvalue weighted by atomic mass is 32.1. The molecule has 0 unspecified atom stereocenters. The Morgan fingerprint density at radius 1 is 1.00 bits per heavy atom. The molecule has 7 nitrogen and oxygen atoms in total. The first-order valence-electron chi connectivity index (χ1n) is 11.2. The molecule has 2 heterocycles. The van der Waals surface area contributed by atoms with Crippen LogP contribution in [0.5, 0.6) is 0 Å². The van der Waals surface area contributed by atoms with Crippen molar-refractivity contribution < 1.29 is 9.59 Å². The molecule has 4 aliphatic carbocycles. The van der Waals surface area contributed by atoms with Gasteiger partial charge in [0.2, 0.25) is 11.0 Å². The molecule has 1 aromatic carbocycles. The molecule has 0 atom stereocenters. The quantitative estimate of drug-likeness (QED) is 0.782. The van der Waals surface area contributed by atoms with E-state index in [-0.39, 0.29) is 23.7 Å². The number of aromatic nitrogens is 2. The van der Waals surface area contributed by atoms with Gasteiger partial charge in [-0.2, -0.15) is 5.10 Å². The number of hydrogen-bond acceptors (Lipinski definition) is 6. The molecule has 1 aliphatic heterocycles. The number of hydrazone groups is 1. The summed E-state index contributed by atoms with van der Waals surface area (Å²) < 4.78 is 0. The maximum absolute atomic E-state index is 12.9. The summed E-state index contributed by atoms with van der Waals surface area (Å²) in [5.41, 5.74) is 1.18. The molecule has 1 aromatic heterocycles. The zero-order valence-corrected chi connectivity index (χ0v) is 18.1. The Bertz CT molecular complexity index is 1030. The Morgan fingerprint density at radius 2 is 1.68 bits per heavy atom. The minimum Gasteiger partial charge on any atom is -0.295 e. The van der Waals surface area contributed by atoms with Gasteiger partial charge < -0.3 is 0 Å². The number of nitrogens with zero attached hydrogens (tertiary/aromatic N) is 4. The lowest BCUT2D eigenvalue weighted by molar-refractivity contribution is -0.118. The van der Waals surface area contributed by atoms with Gasteiger partial charge in [-0.1, -0.05) is 29.5 Å². The van der Waals surface area contributed by atoms with E-state index in [0.717, 1.165) is 22.8 Å². The van der Waals surface area contributed by atoms with Crippen LogP contribution in [0.2, 0.25) is 0 Å². The van der Waals surface area contributed by atoms with Crippen LogP contribution in [-0.4, -0.2) is 27.7 Å². The van der Waals surface area contributed by atoms with Crippen LogP contribution in [0, 0.1) is 17.8 Å². The van der Waals surface area contributed by atoms with E-state index in [9.17, 15) is 9.59 Å². The average Bonchev–Trinajstić information content (AvgIpc) is 3.23. The van der Waals surface area contributed by atoms with Gasteiger partial charge in [0.1, 0.15) is 10.7 Å². The number of nitrogens with one attached hydrogen (secondary N) is 1. The number of carbonyl (C=O) groups excluding carboxylic acids is 2. The van der Waals surface area contributed by atoms with Crippen LogP contribution >= 0.6 is 11.3 Å². The van der Waals surface area contributed by atoms with Crippen LogP contribution in [0.4, 0.5) is 10.8 Å². The minimum atomic E-state index is -0.304. The maximum atomic E-state index is 12.9. The zero-order valence-electron chi connectivity index (χ0n) is 17.3. The van der Waals surface area contributed by atoms with Crippen LogP contribution in [0.15, 0.2) is 35.4 Å². The normalized spacial score (nSPS) is 31.6. The third-order valence-electron chi connectivity index (χ3n) is 7.43. The van der Waals surface area contributed by atoms with Crippen molar-refractivity contribution in [2.24, 2.45) is 22.9 Å². The molecule has 31 heavy (non-hydrogen) atoms. The molecule has 8 heteroatoms. The van der Waals surface area contributed by atoms with Crippen molar-refractivity contribution in [3.05, 3.63) is 35.3 Å². The van der Waals surface area contributed by atoms with Crippen molar-refractivity contribution in [1.29, 1.82) is 0 Å². The first-order chi connectivity index (χ1) is 15.1. The topological polar surface area (TPSA) is 87.6 Å². The molecule has 4 bridgehead atoms. The largest absolute Gasteiger partial charge is 0.295 e. The molecule has 1 N–H and O–H groups in total.